The molecule has 2 aromatic heterocycles. The monoisotopic (exact) mass is 388 g/mol. The molecule has 0 amide bonds. The van der Waals surface area contributed by atoms with Crippen LogP contribution in [-0.4, -0.2) is 48.2 Å². The van der Waals surface area contributed by atoms with Crippen LogP contribution in [0.25, 0.3) is 23.4 Å². The van der Waals surface area contributed by atoms with Crippen molar-refractivity contribution >= 4 is 23.7 Å². The van der Waals surface area contributed by atoms with Crippen LogP contribution in [0, 0.1) is 0 Å². The Bertz CT molecular complexity index is 1050. The molecule has 7 nitrogen and oxygen atoms in total. The number of aromatic nitrogens is 3. The van der Waals surface area contributed by atoms with E-state index in [0.717, 1.165) is 37.3 Å². The lowest BCUT2D eigenvalue weighted by Crippen LogP contribution is -2.43. The zero-order chi connectivity index (χ0) is 20.1. The van der Waals surface area contributed by atoms with Crippen LogP contribution in [-0.2, 0) is 0 Å². The van der Waals surface area contributed by atoms with E-state index in [1.165, 1.54) is 5.69 Å². The van der Waals surface area contributed by atoms with Gasteiger partial charge in [0.25, 0.3) is 5.56 Å². The molecule has 7 heteroatoms. The van der Waals surface area contributed by atoms with E-state index >= 15 is 0 Å². The van der Waals surface area contributed by atoms with Gasteiger partial charge in [-0.1, -0.05) is 18.2 Å². The summed E-state index contributed by atoms with van der Waals surface area (Å²) in [5, 5.41) is 6.34. The van der Waals surface area contributed by atoms with Crippen LogP contribution < -0.4 is 21.1 Å². The van der Waals surface area contributed by atoms with Gasteiger partial charge in [-0.05, 0) is 29.8 Å². The standard InChI is InChI=1S/C22H24N6O/c1-23-21-15-25-14-20(27-21)18-12-17(22(29)26-13-18)5-2-16-3-6-19(7-4-16)28-10-8-24-9-11-28/h2-7,12-15,24H,8-11H2,1H3,(H,23,27)(H,26,29). The van der Waals surface area contributed by atoms with Gasteiger partial charge < -0.3 is 20.5 Å². The van der Waals surface area contributed by atoms with E-state index in [4.69, 9.17) is 0 Å². The van der Waals surface area contributed by atoms with Gasteiger partial charge in [0.05, 0.1) is 18.1 Å². The molecule has 3 aromatic rings. The van der Waals surface area contributed by atoms with Crippen molar-refractivity contribution in [2.75, 3.05) is 43.4 Å². The molecule has 0 unspecified atom stereocenters. The normalized spacial score (nSPS) is 14.3. The summed E-state index contributed by atoms with van der Waals surface area (Å²) in [4.78, 5) is 26.1. The average Bonchev–Trinajstić information content (AvgIpc) is 2.79. The van der Waals surface area contributed by atoms with Gasteiger partial charge in [0.1, 0.15) is 5.82 Å². The van der Waals surface area contributed by atoms with Crippen molar-refractivity contribution in [2.24, 2.45) is 0 Å². The first-order valence-corrected chi connectivity index (χ1v) is 9.70. The number of aromatic amines is 1. The number of pyridine rings is 1. The molecule has 3 heterocycles. The highest BCUT2D eigenvalue weighted by Gasteiger charge is 2.09. The van der Waals surface area contributed by atoms with E-state index in [0.29, 0.717) is 17.1 Å². The molecule has 1 fully saturated rings. The number of hydrogen-bond acceptors (Lipinski definition) is 6. The van der Waals surface area contributed by atoms with Gasteiger partial charge in [-0.3, -0.25) is 9.78 Å². The largest absolute Gasteiger partial charge is 0.372 e. The molecule has 0 saturated carbocycles. The van der Waals surface area contributed by atoms with E-state index in [1.54, 1.807) is 25.6 Å². The summed E-state index contributed by atoms with van der Waals surface area (Å²) in [5.41, 5.74) is 4.22. The van der Waals surface area contributed by atoms with Gasteiger partial charge >= 0.3 is 0 Å². The van der Waals surface area contributed by atoms with E-state index < -0.39 is 0 Å². The molecule has 0 bridgehead atoms. The first-order valence-electron chi connectivity index (χ1n) is 9.70. The second-order valence-electron chi connectivity index (χ2n) is 6.87. The Kier molecular flexibility index (Phi) is 5.67. The Balaban J connectivity index is 1.54. The van der Waals surface area contributed by atoms with Crippen molar-refractivity contribution in [3.05, 3.63) is 70.4 Å². The Morgan fingerprint density at radius 2 is 1.90 bits per heavy atom. The maximum atomic E-state index is 12.2. The van der Waals surface area contributed by atoms with E-state index in [9.17, 15) is 4.79 Å². The third-order valence-electron chi connectivity index (χ3n) is 4.95. The van der Waals surface area contributed by atoms with E-state index in [1.807, 2.05) is 18.2 Å². The molecule has 1 aliphatic rings. The Morgan fingerprint density at radius 3 is 2.66 bits per heavy atom. The van der Waals surface area contributed by atoms with Gasteiger partial charge in [-0.2, -0.15) is 0 Å². The summed E-state index contributed by atoms with van der Waals surface area (Å²) in [7, 11) is 1.79. The fraction of sp³-hybridized carbons (Fsp3) is 0.227. The minimum absolute atomic E-state index is 0.139. The highest BCUT2D eigenvalue weighted by Crippen LogP contribution is 2.19. The van der Waals surface area contributed by atoms with Crippen LogP contribution in [0.5, 0.6) is 0 Å². The zero-order valence-electron chi connectivity index (χ0n) is 16.4. The average molecular weight is 388 g/mol. The zero-order valence-corrected chi connectivity index (χ0v) is 16.4. The molecular formula is C22H24N6O. The first kappa shape index (κ1) is 18.9. The summed E-state index contributed by atoms with van der Waals surface area (Å²) in [6.45, 7) is 4.08. The summed E-state index contributed by atoms with van der Waals surface area (Å²) >= 11 is 0. The summed E-state index contributed by atoms with van der Waals surface area (Å²) in [6, 6.07) is 10.2. The fourth-order valence-corrected chi connectivity index (χ4v) is 3.30. The number of hydrogen-bond donors (Lipinski definition) is 3. The second-order valence-corrected chi connectivity index (χ2v) is 6.87. The van der Waals surface area contributed by atoms with E-state index in [-0.39, 0.29) is 5.56 Å². The van der Waals surface area contributed by atoms with Gasteiger partial charge in [-0.25, -0.2) is 4.98 Å². The van der Waals surface area contributed by atoms with Gasteiger partial charge in [0.15, 0.2) is 0 Å². The third-order valence-corrected chi connectivity index (χ3v) is 4.95. The molecule has 1 aliphatic heterocycles. The highest BCUT2D eigenvalue weighted by molar-refractivity contribution is 5.72. The molecule has 29 heavy (non-hydrogen) atoms. The van der Waals surface area contributed by atoms with E-state index in [2.05, 4.69) is 54.8 Å². The quantitative estimate of drug-likeness (QED) is 0.623. The molecule has 0 radical (unpaired) electrons. The molecule has 0 atom stereocenters. The summed E-state index contributed by atoms with van der Waals surface area (Å²) in [5.74, 6) is 0.676. The molecular weight excluding hydrogens is 364 g/mol. The van der Waals surface area contributed by atoms with Crippen LogP contribution in [0.3, 0.4) is 0 Å². The lowest BCUT2D eigenvalue weighted by Gasteiger charge is -2.29. The van der Waals surface area contributed by atoms with Crippen molar-refractivity contribution in [2.45, 2.75) is 0 Å². The Hall–Kier alpha value is -3.45. The third kappa shape index (κ3) is 4.52. The minimum atomic E-state index is -0.139. The SMILES string of the molecule is CNc1cncc(-c2c[nH]c(=O)c(C=Cc3ccc(N4CCNCC4)cc3)c2)n1. The lowest BCUT2D eigenvalue weighted by atomic mass is 10.1. The maximum absolute atomic E-state index is 12.2. The smallest absolute Gasteiger partial charge is 0.255 e. The molecule has 1 aromatic carbocycles. The van der Waals surface area contributed by atoms with Crippen LogP contribution in [0.4, 0.5) is 11.5 Å². The summed E-state index contributed by atoms with van der Waals surface area (Å²) in [6.07, 6.45) is 8.77. The lowest BCUT2D eigenvalue weighted by molar-refractivity contribution is 0.589. The van der Waals surface area contributed by atoms with Crippen molar-refractivity contribution < 1.29 is 0 Å². The van der Waals surface area contributed by atoms with Crippen LogP contribution in [0.15, 0.2) is 53.7 Å². The van der Waals surface area contributed by atoms with Crippen LogP contribution >= 0.6 is 0 Å². The van der Waals surface area contributed by atoms with Crippen molar-refractivity contribution in [1.82, 2.24) is 20.3 Å². The Morgan fingerprint density at radius 1 is 1.10 bits per heavy atom. The fourth-order valence-electron chi connectivity index (χ4n) is 3.30. The van der Waals surface area contributed by atoms with Gasteiger partial charge in [-0.15, -0.1) is 0 Å². The minimum Gasteiger partial charge on any atom is -0.372 e. The molecule has 3 N–H and O–H groups in total. The predicted molar refractivity (Wildman–Crippen MR) is 118 cm³/mol. The number of nitrogens with zero attached hydrogens (tertiary/aromatic N) is 3. The topological polar surface area (TPSA) is 85.9 Å². The molecule has 148 valence electrons. The number of benzene rings is 1. The predicted octanol–water partition coefficient (Wildman–Crippen LogP) is 2.45. The molecule has 0 aliphatic carbocycles. The number of nitrogens with one attached hydrogen (secondary N) is 3. The Labute approximate surface area is 169 Å². The van der Waals surface area contributed by atoms with Crippen molar-refractivity contribution in [3.8, 4) is 11.3 Å². The van der Waals surface area contributed by atoms with Crippen molar-refractivity contribution in [3.63, 3.8) is 0 Å². The summed E-state index contributed by atoms with van der Waals surface area (Å²) < 4.78 is 0. The first-order chi connectivity index (χ1) is 14.2. The molecule has 0 spiro atoms. The maximum Gasteiger partial charge on any atom is 0.255 e. The molecule has 4 rings (SSSR count). The van der Waals surface area contributed by atoms with Crippen LogP contribution in [0.2, 0.25) is 0 Å². The highest BCUT2D eigenvalue weighted by atomic mass is 16.1. The van der Waals surface area contributed by atoms with Gasteiger partial charge in [0, 0.05) is 56.2 Å². The number of H-pyrrole nitrogens is 1. The number of anilines is 2. The van der Waals surface area contributed by atoms with Crippen molar-refractivity contribution in [1.29, 1.82) is 0 Å². The second kappa shape index (κ2) is 8.70. The number of piperazine rings is 1. The molecule has 1 saturated heterocycles. The number of rotatable bonds is 5. The van der Waals surface area contributed by atoms with Gasteiger partial charge in [0.2, 0.25) is 0 Å². The van der Waals surface area contributed by atoms with Crippen LogP contribution in [0.1, 0.15) is 11.1 Å².